The van der Waals surface area contributed by atoms with E-state index in [1.807, 2.05) is 6.07 Å². The highest BCUT2D eigenvalue weighted by atomic mass is 35.5. The molecule has 21 heavy (non-hydrogen) atoms. The van der Waals surface area contributed by atoms with E-state index in [4.69, 9.17) is 16.7 Å². The van der Waals surface area contributed by atoms with Crippen molar-refractivity contribution in [2.45, 2.75) is 6.42 Å². The molecular formula is C15H12ClFO4. The molecule has 6 heteroatoms. The fourth-order valence-electron chi connectivity index (χ4n) is 1.39. The second-order valence-electron chi connectivity index (χ2n) is 3.81. The average molecular weight is 311 g/mol. The van der Waals surface area contributed by atoms with Gasteiger partial charge < -0.3 is 9.84 Å². The number of rotatable bonds is 3. The maximum absolute atomic E-state index is 12.7. The molecule has 110 valence electrons. The van der Waals surface area contributed by atoms with Gasteiger partial charge in [0, 0.05) is 11.6 Å². The molecule has 0 unspecified atom stereocenters. The third kappa shape index (κ3) is 7.08. The topological polar surface area (TPSA) is 63.6 Å². The summed E-state index contributed by atoms with van der Waals surface area (Å²) < 4.78 is 17.2. The molecule has 0 heterocycles. The van der Waals surface area contributed by atoms with Gasteiger partial charge in [0.25, 0.3) is 0 Å². The molecule has 4 nitrogen and oxygen atoms in total. The lowest BCUT2D eigenvalue weighted by Crippen LogP contribution is -2.01. The summed E-state index contributed by atoms with van der Waals surface area (Å²) >= 11 is 4.95. The van der Waals surface area contributed by atoms with Crippen LogP contribution in [-0.4, -0.2) is 16.5 Å². The van der Waals surface area contributed by atoms with Crippen molar-refractivity contribution in [2.24, 2.45) is 0 Å². The first-order valence-corrected chi connectivity index (χ1v) is 6.24. The highest BCUT2D eigenvalue weighted by Gasteiger charge is 2.04. The highest BCUT2D eigenvalue weighted by molar-refractivity contribution is 6.61. The number of hydrogen-bond acceptors (Lipinski definition) is 3. The Morgan fingerprint density at radius 1 is 1.05 bits per heavy atom. The van der Waals surface area contributed by atoms with Gasteiger partial charge >= 0.3 is 11.4 Å². The Kier molecular flexibility index (Phi) is 6.91. The van der Waals surface area contributed by atoms with E-state index in [-0.39, 0.29) is 12.0 Å². The van der Waals surface area contributed by atoms with Gasteiger partial charge in [-0.2, -0.15) is 0 Å². The summed E-state index contributed by atoms with van der Waals surface area (Å²) in [6.45, 7) is 0. The Labute approximate surface area is 125 Å². The Morgan fingerprint density at radius 3 is 2.14 bits per heavy atom. The minimum Gasteiger partial charge on any atom is -0.481 e. The van der Waals surface area contributed by atoms with Crippen LogP contribution in [0.25, 0.3) is 0 Å². The van der Waals surface area contributed by atoms with Crippen molar-refractivity contribution < 1.29 is 23.8 Å². The zero-order valence-electron chi connectivity index (χ0n) is 10.8. The van der Waals surface area contributed by atoms with Crippen LogP contribution in [0, 0.1) is 5.82 Å². The number of carbonyl (C=O) groups is 2. The SMILES string of the molecule is O=C(Cl)Oc1ccccc1.O=C(O)Cc1ccccc1F. The van der Waals surface area contributed by atoms with Crippen LogP contribution in [0.4, 0.5) is 9.18 Å². The fourth-order valence-corrected chi connectivity index (χ4v) is 1.47. The lowest BCUT2D eigenvalue weighted by Gasteiger charge is -1.96. The van der Waals surface area contributed by atoms with E-state index in [1.54, 1.807) is 30.3 Å². The zero-order chi connectivity index (χ0) is 15.7. The van der Waals surface area contributed by atoms with Crippen LogP contribution in [-0.2, 0) is 11.2 Å². The molecule has 0 aromatic heterocycles. The first-order chi connectivity index (χ1) is 9.99. The van der Waals surface area contributed by atoms with Gasteiger partial charge in [-0.05, 0) is 23.8 Å². The fraction of sp³-hybridized carbons (Fsp3) is 0.0667. The molecule has 2 aromatic rings. The average Bonchev–Trinajstić information content (AvgIpc) is 2.42. The summed E-state index contributed by atoms with van der Waals surface area (Å²) in [5.74, 6) is -1.02. The predicted molar refractivity (Wildman–Crippen MR) is 76.1 cm³/mol. The number of aliphatic carboxylic acids is 1. The van der Waals surface area contributed by atoms with Gasteiger partial charge in [0.15, 0.2) is 0 Å². The third-order valence-corrected chi connectivity index (χ3v) is 2.32. The Morgan fingerprint density at radius 2 is 1.62 bits per heavy atom. The first-order valence-electron chi connectivity index (χ1n) is 5.86. The molecule has 0 fully saturated rings. The molecule has 0 atom stereocenters. The summed E-state index contributed by atoms with van der Waals surface area (Å²) in [4.78, 5) is 20.3. The standard InChI is InChI=1S/C8H7FO2.C7H5ClO2/c9-7-4-2-1-3-6(7)5-8(10)11;8-7(9)10-6-4-2-1-3-5-6/h1-4H,5H2,(H,10,11);1-5H. The number of halogens is 2. The Hall–Kier alpha value is -2.40. The number of carbonyl (C=O) groups excluding carboxylic acids is 1. The van der Waals surface area contributed by atoms with Crippen molar-refractivity contribution >= 4 is 23.0 Å². The van der Waals surface area contributed by atoms with Crippen LogP contribution >= 0.6 is 11.6 Å². The van der Waals surface area contributed by atoms with Gasteiger partial charge in [-0.15, -0.1) is 0 Å². The first kappa shape index (κ1) is 16.7. The normalized spacial score (nSPS) is 9.24. The molecule has 0 aliphatic carbocycles. The van der Waals surface area contributed by atoms with Crippen LogP contribution in [0.2, 0.25) is 0 Å². The summed E-state index contributed by atoms with van der Waals surface area (Å²) in [6, 6.07) is 14.5. The van der Waals surface area contributed by atoms with Crippen LogP contribution in [0.1, 0.15) is 5.56 Å². The number of carboxylic acid groups (broad SMARTS) is 1. The van der Waals surface area contributed by atoms with E-state index >= 15 is 0 Å². The molecule has 1 N–H and O–H groups in total. The van der Waals surface area contributed by atoms with E-state index in [0.717, 1.165) is 0 Å². The number of ether oxygens (including phenoxy) is 1. The number of carboxylic acids is 1. The van der Waals surface area contributed by atoms with Crippen LogP contribution in [0.15, 0.2) is 54.6 Å². The zero-order valence-corrected chi connectivity index (χ0v) is 11.6. The Bertz CT molecular complexity index is 602. The molecule has 0 saturated carbocycles. The number of benzene rings is 2. The second kappa shape index (κ2) is 8.71. The van der Waals surface area contributed by atoms with Crippen LogP contribution in [0.3, 0.4) is 0 Å². The second-order valence-corrected chi connectivity index (χ2v) is 4.12. The molecule has 0 spiro atoms. The molecular weight excluding hydrogens is 299 g/mol. The summed E-state index contributed by atoms with van der Waals surface area (Å²) in [6.07, 6.45) is -0.257. The smallest absolute Gasteiger partial charge is 0.409 e. The minimum absolute atomic E-state index is 0.222. The van der Waals surface area contributed by atoms with E-state index in [0.29, 0.717) is 5.75 Å². The van der Waals surface area contributed by atoms with Gasteiger partial charge in [0.1, 0.15) is 11.6 Å². The summed E-state index contributed by atoms with van der Waals surface area (Å²) in [5, 5.41) is 8.32. The molecule has 0 radical (unpaired) electrons. The summed E-state index contributed by atoms with van der Waals surface area (Å²) in [7, 11) is 0. The highest BCUT2D eigenvalue weighted by Crippen LogP contribution is 2.09. The van der Waals surface area contributed by atoms with E-state index < -0.39 is 17.2 Å². The Balaban J connectivity index is 0.000000211. The number of para-hydroxylation sites is 1. The lowest BCUT2D eigenvalue weighted by atomic mass is 10.1. The van der Waals surface area contributed by atoms with Crippen molar-refractivity contribution in [3.8, 4) is 5.75 Å². The predicted octanol–water partition coefficient (Wildman–Crippen LogP) is 3.88. The maximum atomic E-state index is 12.7. The van der Waals surface area contributed by atoms with Crippen LogP contribution in [0.5, 0.6) is 5.75 Å². The molecule has 2 rings (SSSR count). The van der Waals surface area contributed by atoms with Crippen molar-refractivity contribution in [1.82, 2.24) is 0 Å². The lowest BCUT2D eigenvalue weighted by molar-refractivity contribution is -0.136. The van der Waals surface area contributed by atoms with Crippen molar-refractivity contribution in [1.29, 1.82) is 0 Å². The molecule has 0 aliphatic heterocycles. The monoisotopic (exact) mass is 310 g/mol. The molecule has 0 aliphatic rings. The minimum atomic E-state index is -1.02. The van der Waals surface area contributed by atoms with Gasteiger partial charge in [0.05, 0.1) is 6.42 Å². The number of hydrogen-bond donors (Lipinski definition) is 1. The van der Waals surface area contributed by atoms with Crippen molar-refractivity contribution in [2.75, 3.05) is 0 Å². The summed E-state index contributed by atoms with van der Waals surface area (Å²) in [5.41, 5.74) is -0.591. The van der Waals surface area contributed by atoms with Crippen molar-refractivity contribution in [3.63, 3.8) is 0 Å². The largest absolute Gasteiger partial charge is 0.481 e. The van der Waals surface area contributed by atoms with Gasteiger partial charge in [-0.3, -0.25) is 4.79 Å². The van der Waals surface area contributed by atoms with E-state index in [9.17, 15) is 14.0 Å². The van der Waals surface area contributed by atoms with Gasteiger partial charge in [-0.25, -0.2) is 9.18 Å². The quantitative estimate of drug-likeness (QED) is 0.874. The molecule has 0 amide bonds. The van der Waals surface area contributed by atoms with Gasteiger partial charge in [0.2, 0.25) is 0 Å². The molecule has 0 bridgehead atoms. The van der Waals surface area contributed by atoms with E-state index in [2.05, 4.69) is 4.74 Å². The van der Waals surface area contributed by atoms with Gasteiger partial charge in [-0.1, -0.05) is 36.4 Å². The third-order valence-electron chi connectivity index (χ3n) is 2.24. The maximum Gasteiger partial charge on any atom is 0.409 e. The molecule has 2 aromatic carbocycles. The van der Waals surface area contributed by atoms with E-state index in [1.165, 1.54) is 18.2 Å². The van der Waals surface area contributed by atoms with Crippen molar-refractivity contribution in [3.05, 3.63) is 66.0 Å². The van der Waals surface area contributed by atoms with Crippen LogP contribution < -0.4 is 4.74 Å². The molecule has 0 saturated heterocycles.